The number of aryl methyl sites for hydroxylation is 1. The van der Waals surface area contributed by atoms with Gasteiger partial charge in [0.05, 0.1) is 15.3 Å². The van der Waals surface area contributed by atoms with Gasteiger partial charge in [-0.2, -0.15) is 0 Å². The van der Waals surface area contributed by atoms with Crippen LogP contribution in [0.15, 0.2) is 42.2 Å². The highest BCUT2D eigenvalue weighted by atomic mass is 35.5. The van der Waals surface area contributed by atoms with Gasteiger partial charge < -0.3 is 9.84 Å². The van der Waals surface area contributed by atoms with E-state index < -0.39 is 0 Å². The Kier molecular flexibility index (Phi) is 7.10. The number of aromatic nitrogens is 1. The fourth-order valence-corrected chi connectivity index (χ4v) is 5.58. The molecule has 1 N–H and O–H groups in total. The molecule has 3 aromatic rings. The average molecular weight is 484 g/mol. The number of carbonyl (C=O) groups excluding carboxylic acids is 1. The third kappa shape index (κ3) is 4.95. The van der Waals surface area contributed by atoms with Crippen LogP contribution in [0, 0.1) is 17.8 Å². The summed E-state index contributed by atoms with van der Waals surface area (Å²) in [5.74, 6) is 1.27. The van der Waals surface area contributed by atoms with Gasteiger partial charge in [0.1, 0.15) is 17.0 Å². The smallest absolute Gasteiger partial charge is 0.279 e. The van der Waals surface area contributed by atoms with Crippen LogP contribution in [0.4, 0.5) is 0 Å². The van der Waals surface area contributed by atoms with Crippen LogP contribution >= 0.6 is 22.9 Å². The van der Waals surface area contributed by atoms with E-state index in [1.807, 2.05) is 43.3 Å². The molecular weight excluding hydrogens is 454 g/mol. The van der Waals surface area contributed by atoms with Crippen LogP contribution in [0.1, 0.15) is 58.1 Å². The van der Waals surface area contributed by atoms with Crippen LogP contribution in [0.3, 0.4) is 0 Å². The van der Waals surface area contributed by atoms with E-state index in [9.17, 15) is 9.90 Å². The van der Waals surface area contributed by atoms with Crippen molar-refractivity contribution in [2.75, 3.05) is 0 Å². The van der Waals surface area contributed by atoms with Crippen molar-refractivity contribution in [1.82, 2.24) is 4.98 Å². The zero-order valence-electron chi connectivity index (χ0n) is 19.5. The number of halogens is 1. The predicted molar refractivity (Wildman–Crippen MR) is 136 cm³/mol. The molecule has 33 heavy (non-hydrogen) atoms. The Morgan fingerprint density at radius 1 is 1.18 bits per heavy atom. The van der Waals surface area contributed by atoms with Crippen molar-refractivity contribution in [1.29, 1.82) is 0 Å². The van der Waals surface area contributed by atoms with E-state index in [4.69, 9.17) is 16.3 Å². The molecule has 0 aliphatic heterocycles. The summed E-state index contributed by atoms with van der Waals surface area (Å²) < 4.78 is 7.05. The largest absolute Gasteiger partial charge is 0.511 e. The number of fused-ring (bicyclic) bond motifs is 1. The fraction of sp³-hybridized carbons (Fsp3) is 0.407. The molecule has 0 radical (unpaired) electrons. The molecule has 0 amide bonds. The third-order valence-corrected chi connectivity index (χ3v) is 7.96. The first-order valence-corrected chi connectivity index (χ1v) is 12.8. The molecule has 0 fully saturated rings. The maximum Gasteiger partial charge on any atom is 0.279 e. The lowest BCUT2D eigenvalue weighted by atomic mass is 9.85. The molecule has 1 aliphatic carbocycles. The van der Waals surface area contributed by atoms with Crippen molar-refractivity contribution in [2.24, 2.45) is 17.8 Å². The summed E-state index contributed by atoms with van der Waals surface area (Å²) in [5.41, 5.74) is 2.92. The second kappa shape index (κ2) is 9.86. The van der Waals surface area contributed by atoms with Gasteiger partial charge >= 0.3 is 0 Å². The van der Waals surface area contributed by atoms with E-state index in [1.165, 1.54) is 11.3 Å². The van der Waals surface area contributed by atoms with Gasteiger partial charge in [-0.1, -0.05) is 62.8 Å². The van der Waals surface area contributed by atoms with Gasteiger partial charge in [-0.15, -0.1) is 0 Å². The number of ketones is 1. The molecule has 1 aliphatic rings. The van der Waals surface area contributed by atoms with E-state index in [0.29, 0.717) is 39.4 Å². The van der Waals surface area contributed by atoms with Crippen molar-refractivity contribution < 1.29 is 14.6 Å². The van der Waals surface area contributed by atoms with Crippen molar-refractivity contribution >= 4 is 44.5 Å². The Morgan fingerprint density at radius 2 is 1.97 bits per heavy atom. The molecule has 0 saturated carbocycles. The van der Waals surface area contributed by atoms with Gasteiger partial charge in [0, 0.05) is 12.3 Å². The molecule has 1 aromatic heterocycles. The van der Waals surface area contributed by atoms with E-state index in [-0.39, 0.29) is 23.4 Å². The molecule has 174 valence electrons. The quantitative estimate of drug-likeness (QED) is 0.406. The van der Waals surface area contributed by atoms with Crippen molar-refractivity contribution in [3.63, 3.8) is 0 Å². The summed E-state index contributed by atoms with van der Waals surface area (Å²) in [6, 6.07) is 11.4. The Hall–Kier alpha value is -2.37. The van der Waals surface area contributed by atoms with Crippen molar-refractivity contribution in [3.8, 4) is 10.9 Å². The molecule has 1 heterocycles. The monoisotopic (exact) mass is 483 g/mol. The standard InChI is InChI=1S/C27H30ClNO3S/c1-5-18-11-12-19(32-27-29-25-21(28)7-6-8-23(25)33-27)14-20(18)24-22(30)13-15(2)9-10-16(3)17(4)26(24)31/h6-8,11-12,14-17,31H,5,9-10,13H2,1-4H3/b26-24+/t15-,16+,17?/m1/s1. The molecule has 6 heteroatoms. The number of carbonyl (C=O) groups is 1. The second-order valence-corrected chi connectivity index (χ2v) is 10.6. The lowest BCUT2D eigenvalue weighted by Crippen LogP contribution is -2.15. The number of benzene rings is 2. The van der Waals surface area contributed by atoms with Gasteiger partial charge in [0.25, 0.3) is 5.19 Å². The summed E-state index contributed by atoms with van der Waals surface area (Å²) >= 11 is 7.69. The minimum absolute atomic E-state index is 0.000399. The van der Waals surface area contributed by atoms with Gasteiger partial charge in [-0.25, -0.2) is 4.98 Å². The molecule has 3 atom stereocenters. The van der Waals surface area contributed by atoms with Gasteiger partial charge in [0.15, 0.2) is 5.78 Å². The molecular formula is C27H30ClNO3S. The number of hydrogen-bond donors (Lipinski definition) is 1. The fourth-order valence-electron chi connectivity index (χ4n) is 4.45. The summed E-state index contributed by atoms with van der Waals surface area (Å²) in [5, 5.41) is 12.3. The van der Waals surface area contributed by atoms with E-state index in [1.54, 1.807) is 0 Å². The first kappa shape index (κ1) is 23.8. The number of rotatable bonds is 4. The van der Waals surface area contributed by atoms with E-state index >= 15 is 0 Å². The number of para-hydroxylation sites is 1. The molecule has 4 nitrogen and oxygen atoms in total. The van der Waals surface area contributed by atoms with Crippen LogP contribution in [0.2, 0.25) is 5.02 Å². The summed E-state index contributed by atoms with van der Waals surface area (Å²) in [6.07, 6.45) is 3.16. The third-order valence-electron chi connectivity index (χ3n) is 6.76. The summed E-state index contributed by atoms with van der Waals surface area (Å²) in [6.45, 7) is 8.34. The highest BCUT2D eigenvalue weighted by Crippen LogP contribution is 2.39. The number of aliphatic hydroxyl groups is 1. The van der Waals surface area contributed by atoms with Crippen LogP contribution in [-0.2, 0) is 11.2 Å². The Bertz CT molecular complexity index is 1220. The lowest BCUT2D eigenvalue weighted by Gasteiger charge is -2.21. The molecule has 0 bridgehead atoms. The zero-order valence-corrected chi connectivity index (χ0v) is 21.1. The number of ether oxygens (including phenoxy) is 1. The molecule has 1 unspecified atom stereocenters. The normalized spacial score (nSPS) is 24.4. The minimum atomic E-state index is -0.0880. The molecule has 0 saturated heterocycles. The second-order valence-electron chi connectivity index (χ2n) is 9.18. The summed E-state index contributed by atoms with van der Waals surface area (Å²) in [7, 11) is 0. The van der Waals surface area contributed by atoms with Crippen LogP contribution in [-0.4, -0.2) is 15.9 Å². The first-order valence-electron chi connectivity index (χ1n) is 11.6. The predicted octanol–water partition coefficient (Wildman–Crippen LogP) is 8.23. The van der Waals surface area contributed by atoms with Crippen molar-refractivity contribution in [3.05, 3.63) is 58.3 Å². The summed E-state index contributed by atoms with van der Waals surface area (Å²) in [4.78, 5) is 17.9. The number of thiazole rings is 1. The maximum atomic E-state index is 13.4. The highest BCUT2D eigenvalue weighted by molar-refractivity contribution is 7.20. The number of Topliss-reactive ketones (excluding diaryl/α,β-unsaturated/α-hetero) is 1. The van der Waals surface area contributed by atoms with Crippen LogP contribution < -0.4 is 4.74 Å². The maximum absolute atomic E-state index is 13.4. The number of nitrogens with zero attached hydrogens (tertiary/aromatic N) is 1. The van der Waals surface area contributed by atoms with Gasteiger partial charge in [-0.05, 0) is 66.5 Å². The SMILES string of the molecule is CCc1ccc(Oc2nc3c(Cl)cccc3s2)cc1/C1=C(\O)C(C)[C@@H](C)CC[C@@H](C)CC1=O. The number of hydrogen-bond acceptors (Lipinski definition) is 5. The lowest BCUT2D eigenvalue weighted by molar-refractivity contribution is -0.114. The Balaban J connectivity index is 1.78. The van der Waals surface area contributed by atoms with Crippen LogP contribution in [0.5, 0.6) is 10.9 Å². The Morgan fingerprint density at radius 3 is 2.70 bits per heavy atom. The minimum Gasteiger partial charge on any atom is -0.511 e. The average Bonchev–Trinajstić information content (AvgIpc) is 3.21. The van der Waals surface area contributed by atoms with Gasteiger partial charge in [-0.3, -0.25) is 4.79 Å². The number of aliphatic hydroxyl groups excluding tert-OH is 1. The highest BCUT2D eigenvalue weighted by Gasteiger charge is 2.29. The van der Waals surface area contributed by atoms with E-state index in [2.05, 4.69) is 25.8 Å². The molecule has 0 spiro atoms. The molecule has 4 rings (SSSR count). The first-order chi connectivity index (χ1) is 15.8. The Labute approximate surface area is 204 Å². The topological polar surface area (TPSA) is 59.4 Å². The van der Waals surface area contributed by atoms with Crippen LogP contribution in [0.25, 0.3) is 15.8 Å². The zero-order chi connectivity index (χ0) is 23.7. The van der Waals surface area contributed by atoms with Gasteiger partial charge in [0.2, 0.25) is 0 Å². The van der Waals surface area contributed by atoms with E-state index in [0.717, 1.165) is 35.1 Å². The molecule has 2 aromatic carbocycles. The number of allylic oxidation sites excluding steroid dienone is 2. The van der Waals surface area contributed by atoms with Crippen molar-refractivity contribution in [2.45, 2.75) is 53.4 Å².